The van der Waals surface area contributed by atoms with E-state index in [1.165, 1.54) is 0 Å². The van der Waals surface area contributed by atoms with Crippen molar-refractivity contribution in [3.63, 3.8) is 0 Å². The molecule has 7 nitrogen and oxygen atoms in total. The van der Waals surface area contributed by atoms with Crippen LogP contribution in [0, 0.1) is 34.0 Å². The Morgan fingerprint density at radius 1 is 1.31 bits per heavy atom. The first-order chi connectivity index (χ1) is 18.4. The van der Waals surface area contributed by atoms with Crippen LogP contribution in [0.2, 0.25) is 5.02 Å². The van der Waals surface area contributed by atoms with Crippen molar-refractivity contribution in [2.24, 2.45) is 34.0 Å². The maximum Gasteiger partial charge on any atom is 0.316 e. The van der Waals surface area contributed by atoms with E-state index in [4.69, 9.17) is 16.3 Å². The van der Waals surface area contributed by atoms with Crippen LogP contribution in [0.3, 0.4) is 0 Å². The van der Waals surface area contributed by atoms with Gasteiger partial charge in [0.05, 0.1) is 22.8 Å². The van der Waals surface area contributed by atoms with Gasteiger partial charge in [-0.3, -0.25) is 14.4 Å². The van der Waals surface area contributed by atoms with Crippen LogP contribution in [-0.4, -0.2) is 44.8 Å². The fraction of sp³-hybridized carbons (Fsp3) is 0.600. The van der Waals surface area contributed by atoms with E-state index in [1.807, 2.05) is 6.92 Å². The number of H-pyrrole nitrogens is 1. The Labute approximate surface area is 238 Å². The summed E-state index contributed by atoms with van der Waals surface area (Å²) in [5, 5.41) is 12.8. The molecule has 1 aromatic heterocycles. The molecule has 8 atom stereocenters. The molecule has 3 fully saturated rings. The van der Waals surface area contributed by atoms with Crippen LogP contribution in [-0.2, 0) is 14.3 Å². The molecule has 0 radical (unpaired) electrons. The van der Waals surface area contributed by atoms with E-state index in [-0.39, 0.29) is 40.3 Å². The number of esters is 1. The summed E-state index contributed by atoms with van der Waals surface area (Å²) in [7, 11) is 0. The number of hydrogen-bond donors (Lipinski definition) is 2. The number of carbonyl (C=O) groups is 2. The van der Waals surface area contributed by atoms with E-state index in [2.05, 4.69) is 37.3 Å². The Balaban J connectivity index is 1.45. The normalized spacial score (nSPS) is 38.1. The fourth-order valence-corrected chi connectivity index (χ4v) is 8.80. The van der Waals surface area contributed by atoms with Crippen molar-refractivity contribution in [3.05, 3.63) is 46.2 Å². The first-order valence-corrected chi connectivity index (χ1v) is 15.1. The zero-order valence-electron chi connectivity index (χ0n) is 23.0. The van der Waals surface area contributed by atoms with E-state index in [0.717, 1.165) is 31.0 Å². The average molecular weight is 573 g/mol. The topological polar surface area (TPSA) is 109 Å². The Morgan fingerprint density at radius 3 is 2.77 bits per heavy atom. The lowest BCUT2D eigenvalue weighted by Gasteiger charge is -2.61. The zero-order valence-corrected chi connectivity index (χ0v) is 24.5. The number of nitrogens with one attached hydrogen (secondary N) is 1. The van der Waals surface area contributed by atoms with Crippen molar-refractivity contribution in [1.29, 1.82) is 0 Å². The number of aromatic nitrogens is 2. The predicted octanol–water partition coefficient (Wildman–Crippen LogP) is 5.58. The highest BCUT2D eigenvalue weighted by Crippen LogP contribution is 2.68. The molecule has 0 aliphatic heterocycles. The highest BCUT2D eigenvalue weighted by atomic mass is 35.5. The van der Waals surface area contributed by atoms with Crippen molar-refractivity contribution in [2.45, 2.75) is 77.2 Å². The lowest BCUT2D eigenvalue weighted by Crippen LogP contribution is -2.63. The molecule has 9 heteroatoms. The van der Waals surface area contributed by atoms with Gasteiger partial charge in [0.25, 0.3) is 5.56 Å². The largest absolute Gasteiger partial charge is 0.461 e. The lowest BCUT2D eigenvalue weighted by molar-refractivity contribution is -0.205. The Morgan fingerprint density at radius 2 is 2.05 bits per heavy atom. The number of benzene rings is 1. The molecule has 2 aromatic rings. The second-order valence-corrected chi connectivity index (χ2v) is 13.8. The van der Waals surface area contributed by atoms with Gasteiger partial charge in [-0.25, -0.2) is 4.98 Å². The van der Waals surface area contributed by atoms with Gasteiger partial charge in [0.1, 0.15) is 11.9 Å². The number of hydrogen-bond acceptors (Lipinski definition) is 7. The summed E-state index contributed by atoms with van der Waals surface area (Å²) in [5.74, 6) is -0.487. The second-order valence-electron chi connectivity index (χ2n) is 12.4. The van der Waals surface area contributed by atoms with Gasteiger partial charge in [-0.1, -0.05) is 57.1 Å². The van der Waals surface area contributed by atoms with E-state index >= 15 is 0 Å². The number of ketones is 1. The Hall–Kier alpha value is -2.16. The Bertz CT molecular complexity index is 1400. The zero-order chi connectivity index (χ0) is 28.3. The lowest BCUT2D eigenvalue weighted by atomic mass is 9.44. The molecule has 0 spiro atoms. The summed E-state index contributed by atoms with van der Waals surface area (Å²) in [6.07, 6.45) is 3.93. The molecule has 210 valence electrons. The predicted molar refractivity (Wildman–Crippen MR) is 153 cm³/mol. The first-order valence-electron chi connectivity index (χ1n) is 13.7. The van der Waals surface area contributed by atoms with E-state index in [9.17, 15) is 19.5 Å². The van der Waals surface area contributed by atoms with Crippen LogP contribution in [0.1, 0.15) is 59.8 Å². The number of halogens is 1. The van der Waals surface area contributed by atoms with E-state index in [1.54, 1.807) is 24.3 Å². The number of nitrogens with zero attached hydrogens (tertiary/aromatic N) is 1. The Kier molecular flexibility index (Phi) is 7.30. The number of carbonyl (C=O) groups excluding carboxylic acids is 2. The molecule has 0 saturated heterocycles. The minimum atomic E-state index is -0.711. The molecule has 39 heavy (non-hydrogen) atoms. The summed E-state index contributed by atoms with van der Waals surface area (Å²) in [6, 6.07) is 4.89. The maximum atomic E-state index is 13.5. The number of ether oxygens (including phenoxy) is 1. The minimum absolute atomic E-state index is 0.0590. The molecule has 1 heterocycles. The number of thioether (sulfide) groups is 1. The molecule has 1 aromatic carbocycles. The van der Waals surface area contributed by atoms with Gasteiger partial charge >= 0.3 is 5.97 Å². The molecule has 0 amide bonds. The molecule has 2 N–H and O–H groups in total. The van der Waals surface area contributed by atoms with Crippen molar-refractivity contribution >= 4 is 46.0 Å². The second kappa shape index (κ2) is 10.0. The summed E-state index contributed by atoms with van der Waals surface area (Å²) < 4.78 is 6.27. The van der Waals surface area contributed by atoms with Crippen LogP contribution < -0.4 is 5.56 Å². The van der Waals surface area contributed by atoms with Gasteiger partial charge in [-0.2, -0.15) is 0 Å². The summed E-state index contributed by atoms with van der Waals surface area (Å²) in [5.41, 5.74) is -1.42. The fourth-order valence-electron chi connectivity index (χ4n) is 7.98. The monoisotopic (exact) mass is 572 g/mol. The molecule has 3 aliphatic rings. The van der Waals surface area contributed by atoms with Crippen molar-refractivity contribution in [2.75, 3.05) is 5.75 Å². The van der Waals surface area contributed by atoms with E-state index < -0.39 is 29.0 Å². The van der Waals surface area contributed by atoms with Crippen molar-refractivity contribution < 1.29 is 19.4 Å². The minimum Gasteiger partial charge on any atom is -0.461 e. The smallest absolute Gasteiger partial charge is 0.316 e. The summed E-state index contributed by atoms with van der Waals surface area (Å²) in [4.78, 5) is 46.6. The van der Waals surface area contributed by atoms with Gasteiger partial charge in [0.2, 0.25) is 0 Å². The summed E-state index contributed by atoms with van der Waals surface area (Å²) in [6.45, 7) is 12.4. The van der Waals surface area contributed by atoms with Crippen LogP contribution in [0.4, 0.5) is 0 Å². The van der Waals surface area contributed by atoms with E-state index in [0.29, 0.717) is 33.9 Å². The van der Waals surface area contributed by atoms with Crippen molar-refractivity contribution in [3.8, 4) is 0 Å². The molecule has 3 aliphatic carbocycles. The quantitative estimate of drug-likeness (QED) is 0.208. The molecule has 0 unspecified atom stereocenters. The number of aliphatic hydroxyl groups is 1. The van der Waals surface area contributed by atoms with Crippen LogP contribution in [0.25, 0.3) is 10.9 Å². The molecule has 2 bridgehead atoms. The van der Waals surface area contributed by atoms with Gasteiger partial charge < -0.3 is 14.8 Å². The van der Waals surface area contributed by atoms with Gasteiger partial charge in [0, 0.05) is 28.2 Å². The number of fused-ring (bicyclic) bond motifs is 1. The standard InChI is InChI=1S/C30H37ClN2O5S/c1-6-28(4)14-22(29(5)16(2)9-11-30(17(3)25(28)36)12-10-21(34)24(29)30)38-23(35)15-39-27-32-20-8-7-18(31)13-19(20)26(37)33-27/h6-8,13,16-17,22,24-25,36H,1,9-12,14-15H2,2-5H3,(H,32,33,37)/t16-,17+,22-,24+,25+,28-,29+,30+/m1/s1. The number of aliphatic hydroxyl groups excluding tert-OH is 1. The van der Waals surface area contributed by atoms with Gasteiger partial charge in [-0.05, 0) is 61.1 Å². The van der Waals surface area contributed by atoms with Crippen molar-refractivity contribution in [1.82, 2.24) is 9.97 Å². The maximum absolute atomic E-state index is 13.5. The van der Waals surface area contributed by atoms with Crippen LogP contribution >= 0.6 is 23.4 Å². The third-order valence-corrected chi connectivity index (χ3v) is 11.6. The molecule has 5 rings (SSSR count). The molecule has 3 saturated carbocycles. The number of aromatic amines is 1. The van der Waals surface area contributed by atoms with Gasteiger partial charge in [-0.15, -0.1) is 6.58 Å². The first kappa shape index (κ1) is 28.4. The third kappa shape index (κ3) is 4.47. The van der Waals surface area contributed by atoms with Crippen LogP contribution in [0.5, 0.6) is 0 Å². The molecular weight excluding hydrogens is 536 g/mol. The molecular formula is C30H37ClN2O5S. The van der Waals surface area contributed by atoms with Crippen LogP contribution in [0.15, 0.2) is 40.8 Å². The average Bonchev–Trinajstić information content (AvgIpc) is 3.26. The SMILES string of the molecule is C=C[C@]1(C)C[C@@H](OC(=O)CSc2nc3ccc(Cl)cc3c(=O)[nH]2)[C@]2(C)[C@H](C)CC[C@]3(CCC(=O)[C@H]32)[C@@H](C)[C@@H]1O. The number of rotatable bonds is 5. The highest BCUT2D eigenvalue weighted by molar-refractivity contribution is 7.99. The summed E-state index contributed by atoms with van der Waals surface area (Å²) >= 11 is 7.10. The third-order valence-electron chi connectivity index (χ3n) is 10.5. The van der Waals surface area contributed by atoms with Gasteiger partial charge in [0.15, 0.2) is 5.16 Å². The highest BCUT2D eigenvalue weighted by Gasteiger charge is 2.68. The number of Topliss-reactive ketones (excluding diaryl/α,β-unsaturated/α-hetero) is 1.